The van der Waals surface area contributed by atoms with E-state index in [-0.39, 0.29) is 24.5 Å². The molecule has 3 nitrogen and oxygen atoms in total. The minimum atomic E-state index is -0.241. The molecule has 0 spiro atoms. The molecule has 0 radical (unpaired) electrons. The summed E-state index contributed by atoms with van der Waals surface area (Å²) in [5.41, 5.74) is 4.87. The fourth-order valence-corrected chi connectivity index (χ4v) is 3.95. The van der Waals surface area contributed by atoms with Crippen molar-refractivity contribution in [1.82, 2.24) is 5.32 Å². The minimum Gasteiger partial charge on any atom is -0.394 e. The van der Waals surface area contributed by atoms with Gasteiger partial charge in [0.15, 0.2) is 0 Å². The molecule has 0 aliphatic carbocycles. The number of nitrogens with one attached hydrogen (secondary N) is 1. The number of rotatable bonds is 11. The molecule has 2 N–H and O–H groups in total. The highest BCUT2D eigenvalue weighted by Gasteiger charge is 2.19. The van der Waals surface area contributed by atoms with Crippen molar-refractivity contribution >= 4 is 5.91 Å². The lowest BCUT2D eigenvalue weighted by atomic mass is 9.95. The van der Waals surface area contributed by atoms with Gasteiger partial charge < -0.3 is 10.4 Å². The van der Waals surface area contributed by atoms with E-state index in [9.17, 15) is 9.90 Å². The maximum absolute atomic E-state index is 12.8. The highest BCUT2D eigenvalue weighted by molar-refractivity contribution is 5.78. The van der Waals surface area contributed by atoms with Crippen LogP contribution in [0.4, 0.5) is 0 Å². The molecule has 3 aromatic carbocycles. The van der Waals surface area contributed by atoms with E-state index in [2.05, 4.69) is 60.8 Å². The third-order valence-corrected chi connectivity index (χ3v) is 5.83. The zero-order chi connectivity index (χ0) is 21.9. The summed E-state index contributed by atoms with van der Waals surface area (Å²) in [4.78, 5) is 12.8. The van der Waals surface area contributed by atoms with Crippen LogP contribution in [0, 0.1) is 5.92 Å². The summed E-state index contributed by atoms with van der Waals surface area (Å²) in [7, 11) is 0. The number of hydrogen-bond donors (Lipinski definition) is 2. The lowest BCUT2D eigenvalue weighted by molar-refractivity contribution is -0.126. The number of aryl methyl sites for hydroxylation is 1. The number of carbonyl (C=O) groups excluding carboxylic acids is 1. The molecule has 31 heavy (non-hydrogen) atoms. The van der Waals surface area contributed by atoms with Gasteiger partial charge in [0.1, 0.15) is 0 Å². The first kappa shape index (κ1) is 22.8. The summed E-state index contributed by atoms with van der Waals surface area (Å²) < 4.78 is 0. The smallest absolute Gasteiger partial charge is 0.223 e. The van der Waals surface area contributed by atoms with Crippen LogP contribution in [0.5, 0.6) is 0 Å². The van der Waals surface area contributed by atoms with Crippen LogP contribution in [0.25, 0.3) is 11.1 Å². The Bertz CT molecular complexity index is 907. The second-order valence-corrected chi connectivity index (χ2v) is 8.14. The Morgan fingerprint density at radius 1 is 0.839 bits per heavy atom. The van der Waals surface area contributed by atoms with Crippen molar-refractivity contribution < 1.29 is 9.90 Å². The molecule has 2 atom stereocenters. The summed E-state index contributed by atoms with van der Waals surface area (Å²) in [6, 6.07) is 28.8. The molecule has 0 aliphatic rings. The lowest BCUT2D eigenvalue weighted by Crippen LogP contribution is -2.42. The molecular formula is C28H33NO2. The average Bonchev–Trinajstić information content (AvgIpc) is 2.83. The predicted molar refractivity (Wildman–Crippen MR) is 128 cm³/mol. The van der Waals surface area contributed by atoms with Gasteiger partial charge in [-0.25, -0.2) is 0 Å². The van der Waals surface area contributed by atoms with E-state index in [1.807, 2.05) is 36.4 Å². The second-order valence-electron chi connectivity index (χ2n) is 8.14. The zero-order valence-corrected chi connectivity index (χ0v) is 18.3. The third kappa shape index (κ3) is 7.08. The Morgan fingerprint density at radius 3 is 2.06 bits per heavy atom. The first-order valence-corrected chi connectivity index (χ1v) is 11.3. The Balaban J connectivity index is 1.47. The van der Waals surface area contributed by atoms with Crippen LogP contribution in [0.2, 0.25) is 0 Å². The molecular weight excluding hydrogens is 382 g/mol. The van der Waals surface area contributed by atoms with Crippen LogP contribution in [0.3, 0.4) is 0 Å². The fourth-order valence-electron chi connectivity index (χ4n) is 3.95. The van der Waals surface area contributed by atoms with Gasteiger partial charge in [-0.2, -0.15) is 0 Å². The molecule has 3 aromatic rings. The van der Waals surface area contributed by atoms with E-state index in [1.165, 1.54) is 16.7 Å². The molecule has 0 heterocycles. The quantitative estimate of drug-likeness (QED) is 0.439. The number of carbonyl (C=O) groups is 1. The highest BCUT2D eigenvalue weighted by atomic mass is 16.3. The molecule has 0 bridgehead atoms. The van der Waals surface area contributed by atoms with Crippen LogP contribution in [0.1, 0.15) is 37.3 Å². The summed E-state index contributed by atoms with van der Waals surface area (Å²) >= 11 is 0. The topological polar surface area (TPSA) is 49.3 Å². The van der Waals surface area contributed by atoms with E-state index in [1.54, 1.807) is 0 Å². The van der Waals surface area contributed by atoms with Gasteiger partial charge in [-0.05, 0) is 54.4 Å². The van der Waals surface area contributed by atoms with Gasteiger partial charge in [0, 0.05) is 5.92 Å². The Labute approximate surface area is 186 Å². The first-order chi connectivity index (χ1) is 15.2. The average molecular weight is 416 g/mol. The summed E-state index contributed by atoms with van der Waals surface area (Å²) in [6.45, 7) is 2.01. The molecule has 0 saturated heterocycles. The molecule has 162 valence electrons. The van der Waals surface area contributed by atoms with Gasteiger partial charge >= 0.3 is 0 Å². The monoisotopic (exact) mass is 415 g/mol. The molecule has 3 rings (SSSR count). The lowest BCUT2D eigenvalue weighted by Gasteiger charge is -2.21. The van der Waals surface area contributed by atoms with Crippen molar-refractivity contribution in [3.8, 4) is 11.1 Å². The molecule has 0 aromatic heterocycles. The van der Waals surface area contributed by atoms with E-state index in [0.29, 0.717) is 6.42 Å². The standard InChI is InChI=1S/C28H33NO2/c1-2-24(28(31)29-27(21-30)20-23-10-5-3-6-11-23)15-9-12-22-16-18-26(19-17-22)25-13-7-4-8-14-25/h3-8,10-11,13-14,16-19,24,27,30H,2,9,12,15,20-21H2,1H3,(H,29,31)/t24-,27-/m1/s1. The maximum Gasteiger partial charge on any atom is 0.223 e. The summed E-state index contributed by atoms with van der Waals surface area (Å²) in [5, 5.41) is 12.8. The number of amides is 1. The molecule has 0 aliphatic heterocycles. The number of benzene rings is 3. The van der Waals surface area contributed by atoms with E-state index >= 15 is 0 Å². The zero-order valence-electron chi connectivity index (χ0n) is 18.3. The van der Waals surface area contributed by atoms with E-state index < -0.39 is 0 Å². The number of hydrogen-bond acceptors (Lipinski definition) is 2. The van der Waals surface area contributed by atoms with Crippen LogP contribution < -0.4 is 5.32 Å². The van der Waals surface area contributed by atoms with Crippen LogP contribution >= 0.6 is 0 Å². The van der Waals surface area contributed by atoms with Crippen LogP contribution in [-0.2, 0) is 17.6 Å². The predicted octanol–water partition coefficient (Wildman–Crippen LogP) is 5.42. The molecule has 1 amide bonds. The molecule has 0 fully saturated rings. The number of aliphatic hydroxyl groups excluding tert-OH is 1. The van der Waals surface area contributed by atoms with Crippen molar-refractivity contribution in [2.45, 2.75) is 45.1 Å². The van der Waals surface area contributed by atoms with Crippen molar-refractivity contribution in [2.75, 3.05) is 6.61 Å². The maximum atomic E-state index is 12.8. The normalized spacial score (nSPS) is 12.8. The summed E-state index contributed by atoms with van der Waals surface area (Å²) in [5.74, 6) is 0.0327. The fraction of sp³-hybridized carbons (Fsp3) is 0.321. The van der Waals surface area contributed by atoms with Crippen LogP contribution in [-0.4, -0.2) is 23.7 Å². The van der Waals surface area contributed by atoms with Gasteiger partial charge in [-0.3, -0.25) is 4.79 Å². The van der Waals surface area contributed by atoms with Crippen molar-refractivity contribution in [1.29, 1.82) is 0 Å². The molecule has 3 heteroatoms. The summed E-state index contributed by atoms with van der Waals surface area (Å²) in [6.07, 6.45) is 4.24. The van der Waals surface area contributed by atoms with Gasteiger partial charge in [0.05, 0.1) is 12.6 Å². The van der Waals surface area contributed by atoms with Gasteiger partial charge in [0.25, 0.3) is 0 Å². The van der Waals surface area contributed by atoms with Crippen molar-refractivity contribution in [3.05, 3.63) is 96.1 Å². The first-order valence-electron chi connectivity index (χ1n) is 11.3. The number of aliphatic hydroxyl groups is 1. The third-order valence-electron chi connectivity index (χ3n) is 5.83. The Kier molecular flexibility index (Phi) is 8.86. The van der Waals surface area contributed by atoms with Gasteiger partial charge in [-0.1, -0.05) is 91.9 Å². The van der Waals surface area contributed by atoms with Crippen molar-refractivity contribution in [3.63, 3.8) is 0 Å². The van der Waals surface area contributed by atoms with E-state index in [0.717, 1.165) is 31.2 Å². The molecule has 0 saturated carbocycles. The highest BCUT2D eigenvalue weighted by Crippen LogP contribution is 2.21. The second kappa shape index (κ2) is 12.1. The minimum absolute atomic E-state index is 0.0200. The Morgan fingerprint density at radius 2 is 1.45 bits per heavy atom. The van der Waals surface area contributed by atoms with Crippen molar-refractivity contribution in [2.24, 2.45) is 5.92 Å². The van der Waals surface area contributed by atoms with Gasteiger partial charge in [0.2, 0.25) is 5.91 Å². The SMILES string of the molecule is CC[C@H](CCCc1ccc(-c2ccccc2)cc1)C(=O)N[C@@H](CO)Cc1ccccc1. The van der Waals surface area contributed by atoms with Gasteiger partial charge in [-0.15, -0.1) is 0 Å². The van der Waals surface area contributed by atoms with Crippen LogP contribution in [0.15, 0.2) is 84.9 Å². The largest absolute Gasteiger partial charge is 0.394 e. The molecule has 0 unspecified atom stereocenters. The Hall–Kier alpha value is -2.91. The van der Waals surface area contributed by atoms with E-state index in [4.69, 9.17) is 0 Å².